The fourth-order valence-corrected chi connectivity index (χ4v) is 3.65. The summed E-state index contributed by atoms with van der Waals surface area (Å²) in [5, 5.41) is 6.95. The van der Waals surface area contributed by atoms with Gasteiger partial charge in [0.2, 0.25) is 0 Å². The van der Waals surface area contributed by atoms with Crippen molar-refractivity contribution in [2.24, 2.45) is 0 Å². The molecule has 0 atom stereocenters. The molecule has 8 nitrogen and oxygen atoms in total. The number of benzene rings is 3. The van der Waals surface area contributed by atoms with E-state index in [4.69, 9.17) is 0 Å². The fraction of sp³-hybridized carbons (Fsp3) is 0.0417. The van der Waals surface area contributed by atoms with Crippen molar-refractivity contribution in [3.63, 3.8) is 0 Å². The molecule has 0 unspecified atom stereocenters. The summed E-state index contributed by atoms with van der Waals surface area (Å²) in [6.45, 7) is 0.181. The van der Waals surface area contributed by atoms with Crippen molar-refractivity contribution in [3.8, 4) is 5.69 Å². The third-order valence-corrected chi connectivity index (χ3v) is 5.23. The minimum absolute atomic E-state index is 0.181. The van der Waals surface area contributed by atoms with Gasteiger partial charge in [0.15, 0.2) is 0 Å². The molecule has 1 aromatic heterocycles. The zero-order chi connectivity index (χ0) is 22.1. The van der Waals surface area contributed by atoms with Crippen molar-refractivity contribution in [1.29, 1.82) is 0 Å². The highest BCUT2D eigenvalue weighted by Gasteiger charge is 2.36. The van der Waals surface area contributed by atoms with Gasteiger partial charge in [-0.25, -0.2) is 9.67 Å². The van der Waals surface area contributed by atoms with Crippen molar-refractivity contribution in [2.45, 2.75) is 6.54 Å². The van der Waals surface area contributed by atoms with Gasteiger partial charge in [-0.2, -0.15) is 5.10 Å². The van der Waals surface area contributed by atoms with Gasteiger partial charge in [0, 0.05) is 5.56 Å². The molecule has 1 aliphatic rings. The Morgan fingerprint density at radius 2 is 1.62 bits per heavy atom. The standard InChI is InChI=1S/C24H17N5O3/c30-22(27-20-8-4-5-9-21(20)29-15-25-14-26-29)17-10-11-18-19(12-17)24(32)28(23(18)31)13-16-6-2-1-3-7-16/h1-12,14-15H,13H2,(H,27,30). The van der Waals surface area contributed by atoms with E-state index in [9.17, 15) is 14.4 Å². The lowest BCUT2D eigenvalue weighted by Gasteiger charge is -2.13. The summed E-state index contributed by atoms with van der Waals surface area (Å²) in [5.74, 6) is -1.18. The Hall–Kier alpha value is -4.59. The van der Waals surface area contributed by atoms with E-state index < -0.39 is 11.8 Å². The van der Waals surface area contributed by atoms with Crippen molar-refractivity contribution in [2.75, 3.05) is 5.32 Å². The maximum atomic E-state index is 12.9. The van der Waals surface area contributed by atoms with Gasteiger partial charge in [-0.15, -0.1) is 0 Å². The van der Waals surface area contributed by atoms with Gasteiger partial charge in [-0.3, -0.25) is 19.3 Å². The summed E-state index contributed by atoms with van der Waals surface area (Å²) >= 11 is 0. The number of carbonyl (C=O) groups excluding carboxylic acids is 3. The Kier molecular flexibility index (Phi) is 4.79. The molecule has 2 heterocycles. The maximum absolute atomic E-state index is 12.9. The van der Waals surface area contributed by atoms with Crippen LogP contribution < -0.4 is 5.32 Å². The van der Waals surface area contributed by atoms with Crippen LogP contribution in [0.25, 0.3) is 5.69 Å². The number of para-hydroxylation sites is 2. The van der Waals surface area contributed by atoms with Gasteiger partial charge in [-0.1, -0.05) is 42.5 Å². The topological polar surface area (TPSA) is 97.2 Å². The molecule has 156 valence electrons. The molecular weight excluding hydrogens is 406 g/mol. The number of aromatic nitrogens is 3. The van der Waals surface area contributed by atoms with Crippen LogP contribution in [0.3, 0.4) is 0 Å². The van der Waals surface area contributed by atoms with E-state index in [1.165, 1.54) is 29.7 Å². The van der Waals surface area contributed by atoms with Gasteiger partial charge in [0.1, 0.15) is 12.7 Å². The first kappa shape index (κ1) is 19.4. The minimum atomic E-state index is -0.411. The third kappa shape index (κ3) is 3.43. The molecule has 8 heteroatoms. The number of anilines is 1. The van der Waals surface area contributed by atoms with Crippen LogP contribution in [0, 0.1) is 0 Å². The lowest BCUT2D eigenvalue weighted by Crippen LogP contribution is -2.29. The average molecular weight is 423 g/mol. The number of hydrogen-bond donors (Lipinski definition) is 1. The summed E-state index contributed by atoms with van der Waals surface area (Å²) in [4.78, 5) is 43.7. The first-order chi connectivity index (χ1) is 15.6. The molecular formula is C24H17N5O3. The number of nitrogens with zero attached hydrogens (tertiary/aromatic N) is 4. The predicted molar refractivity (Wildman–Crippen MR) is 116 cm³/mol. The molecule has 0 aliphatic carbocycles. The van der Waals surface area contributed by atoms with E-state index in [1.54, 1.807) is 28.9 Å². The van der Waals surface area contributed by atoms with Crippen LogP contribution in [0.1, 0.15) is 36.6 Å². The zero-order valence-electron chi connectivity index (χ0n) is 16.8. The Bertz CT molecular complexity index is 1330. The van der Waals surface area contributed by atoms with Crippen LogP contribution in [-0.4, -0.2) is 37.4 Å². The zero-order valence-corrected chi connectivity index (χ0v) is 16.8. The normalized spacial score (nSPS) is 12.7. The maximum Gasteiger partial charge on any atom is 0.261 e. The molecule has 3 aromatic carbocycles. The largest absolute Gasteiger partial charge is 0.320 e. The highest BCUT2D eigenvalue weighted by Crippen LogP contribution is 2.26. The van der Waals surface area contributed by atoms with E-state index in [0.717, 1.165) is 5.56 Å². The highest BCUT2D eigenvalue weighted by atomic mass is 16.2. The second kappa shape index (κ2) is 7.92. The van der Waals surface area contributed by atoms with Gasteiger partial charge in [0.25, 0.3) is 17.7 Å². The van der Waals surface area contributed by atoms with E-state index in [-0.39, 0.29) is 23.6 Å². The Labute approximate surface area is 183 Å². The first-order valence-corrected chi connectivity index (χ1v) is 9.91. The molecule has 1 N–H and O–H groups in total. The molecule has 4 aromatic rings. The molecule has 0 saturated carbocycles. The molecule has 3 amide bonds. The summed E-state index contributed by atoms with van der Waals surface area (Å²) in [7, 11) is 0. The molecule has 32 heavy (non-hydrogen) atoms. The third-order valence-electron chi connectivity index (χ3n) is 5.23. The number of fused-ring (bicyclic) bond motifs is 1. The number of nitrogens with one attached hydrogen (secondary N) is 1. The number of imide groups is 1. The fourth-order valence-electron chi connectivity index (χ4n) is 3.65. The van der Waals surface area contributed by atoms with Gasteiger partial charge >= 0.3 is 0 Å². The first-order valence-electron chi connectivity index (χ1n) is 9.91. The van der Waals surface area contributed by atoms with Crippen LogP contribution in [0.15, 0.2) is 85.5 Å². The molecule has 1 aliphatic heterocycles. The molecule has 0 fully saturated rings. The van der Waals surface area contributed by atoms with Crippen LogP contribution in [0.2, 0.25) is 0 Å². The molecule has 0 saturated heterocycles. The number of amides is 3. The van der Waals surface area contributed by atoms with Crippen LogP contribution in [-0.2, 0) is 6.54 Å². The van der Waals surface area contributed by atoms with Crippen molar-refractivity contribution in [3.05, 3.63) is 108 Å². The summed E-state index contributed by atoms with van der Waals surface area (Å²) in [5.41, 5.74) is 2.84. The van der Waals surface area contributed by atoms with Gasteiger partial charge in [-0.05, 0) is 35.9 Å². The second-order valence-electron chi connectivity index (χ2n) is 7.25. The highest BCUT2D eigenvalue weighted by molar-refractivity contribution is 6.22. The monoisotopic (exact) mass is 423 g/mol. The Morgan fingerprint density at radius 1 is 0.875 bits per heavy atom. The summed E-state index contributed by atoms with van der Waals surface area (Å²) < 4.78 is 1.54. The summed E-state index contributed by atoms with van der Waals surface area (Å²) in [6, 6.07) is 21.0. The quantitative estimate of drug-likeness (QED) is 0.497. The Balaban J connectivity index is 1.40. The van der Waals surface area contributed by atoms with Crippen LogP contribution >= 0.6 is 0 Å². The van der Waals surface area contributed by atoms with E-state index in [1.807, 2.05) is 36.4 Å². The number of carbonyl (C=O) groups is 3. The molecule has 0 spiro atoms. The molecule has 0 radical (unpaired) electrons. The minimum Gasteiger partial charge on any atom is -0.320 e. The molecule has 0 bridgehead atoms. The number of hydrogen-bond acceptors (Lipinski definition) is 5. The van der Waals surface area contributed by atoms with Crippen LogP contribution in [0.5, 0.6) is 0 Å². The van der Waals surface area contributed by atoms with Crippen LogP contribution in [0.4, 0.5) is 5.69 Å². The lowest BCUT2D eigenvalue weighted by molar-refractivity contribution is 0.0642. The van der Waals surface area contributed by atoms with Crippen molar-refractivity contribution >= 4 is 23.4 Å². The lowest BCUT2D eigenvalue weighted by atomic mass is 10.1. The SMILES string of the molecule is O=C(Nc1ccccc1-n1cncn1)c1ccc2c(c1)C(=O)N(Cc1ccccc1)C2=O. The van der Waals surface area contributed by atoms with Gasteiger partial charge < -0.3 is 5.32 Å². The smallest absolute Gasteiger partial charge is 0.261 e. The number of rotatable bonds is 5. The van der Waals surface area contributed by atoms with Gasteiger partial charge in [0.05, 0.1) is 29.0 Å². The Morgan fingerprint density at radius 3 is 2.41 bits per heavy atom. The van der Waals surface area contributed by atoms with E-state index >= 15 is 0 Å². The second-order valence-corrected chi connectivity index (χ2v) is 7.25. The average Bonchev–Trinajstić information content (AvgIpc) is 3.44. The van der Waals surface area contributed by atoms with E-state index in [0.29, 0.717) is 16.9 Å². The predicted octanol–water partition coefficient (Wildman–Crippen LogP) is 3.32. The molecule has 5 rings (SSSR count). The summed E-state index contributed by atoms with van der Waals surface area (Å²) in [6.07, 6.45) is 2.94. The van der Waals surface area contributed by atoms with Crippen molar-refractivity contribution in [1.82, 2.24) is 19.7 Å². The van der Waals surface area contributed by atoms with Crippen molar-refractivity contribution < 1.29 is 14.4 Å². The van der Waals surface area contributed by atoms with E-state index in [2.05, 4.69) is 15.4 Å².